The van der Waals surface area contributed by atoms with E-state index in [1.807, 2.05) is 52.0 Å². The summed E-state index contributed by atoms with van der Waals surface area (Å²) in [5, 5.41) is 41.0. The molecule has 4 N–H and O–H groups in total. The Morgan fingerprint density at radius 1 is 0.444 bits per heavy atom. The van der Waals surface area contributed by atoms with Crippen LogP contribution in [0.25, 0.3) is 0 Å². The van der Waals surface area contributed by atoms with E-state index in [4.69, 9.17) is 4.74 Å². The Labute approximate surface area is 267 Å². The Kier molecular flexibility index (Phi) is 8.34. The fourth-order valence-electron chi connectivity index (χ4n) is 8.01. The average molecular weight is 607 g/mol. The van der Waals surface area contributed by atoms with Crippen LogP contribution in [0.4, 0.5) is 0 Å². The van der Waals surface area contributed by atoms with Crippen LogP contribution in [0.15, 0.2) is 72.8 Å². The summed E-state index contributed by atoms with van der Waals surface area (Å²) in [6.07, 6.45) is 7.85. The van der Waals surface area contributed by atoms with Crippen LogP contribution < -0.4 is 0 Å². The summed E-state index contributed by atoms with van der Waals surface area (Å²) in [7, 11) is 0. The zero-order chi connectivity index (χ0) is 31.9. The average Bonchev–Trinajstić information content (AvgIpc) is 3.03. The highest BCUT2D eigenvalue weighted by Crippen LogP contribution is 2.50. The maximum absolute atomic E-state index is 10.3. The molecule has 0 radical (unpaired) electrons. The highest BCUT2D eigenvalue weighted by Gasteiger charge is 2.42. The van der Waals surface area contributed by atoms with Crippen LogP contribution in [0.3, 0.4) is 0 Å². The molecule has 0 bridgehead atoms. The molecule has 0 heterocycles. The molecule has 5 heteroatoms. The molecule has 0 amide bonds. The first-order chi connectivity index (χ1) is 21.5. The van der Waals surface area contributed by atoms with Gasteiger partial charge in [-0.25, -0.2) is 0 Å². The van der Waals surface area contributed by atoms with Crippen LogP contribution in [0.2, 0.25) is 0 Å². The molecule has 236 valence electrons. The lowest BCUT2D eigenvalue weighted by atomic mass is 9.63. The highest BCUT2D eigenvalue weighted by molar-refractivity contribution is 5.49. The van der Waals surface area contributed by atoms with Gasteiger partial charge in [-0.1, -0.05) is 48.5 Å². The number of benzene rings is 4. The van der Waals surface area contributed by atoms with Crippen molar-refractivity contribution in [3.8, 4) is 23.0 Å². The molecule has 4 aromatic rings. The molecule has 0 aromatic heterocycles. The van der Waals surface area contributed by atoms with Gasteiger partial charge in [0.05, 0.1) is 12.2 Å². The first kappa shape index (κ1) is 31.0. The van der Waals surface area contributed by atoms with Crippen molar-refractivity contribution >= 4 is 0 Å². The molecule has 6 rings (SSSR count). The van der Waals surface area contributed by atoms with Crippen LogP contribution in [-0.4, -0.2) is 32.6 Å². The summed E-state index contributed by atoms with van der Waals surface area (Å²) < 4.78 is 6.87. The third kappa shape index (κ3) is 5.79. The summed E-state index contributed by atoms with van der Waals surface area (Å²) in [5.41, 5.74) is 7.91. The Balaban J connectivity index is 1.20. The number of hydrogen-bond donors (Lipinski definition) is 4. The van der Waals surface area contributed by atoms with Crippen molar-refractivity contribution in [2.75, 3.05) is 0 Å². The van der Waals surface area contributed by atoms with Gasteiger partial charge in [-0.2, -0.15) is 0 Å². The van der Waals surface area contributed by atoms with Gasteiger partial charge in [0.15, 0.2) is 0 Å². The topological polar surface area (TPSA) is 90.2 Å². The van der Waals surface area contributed by atoms with E-state index in [0.717, 1.165) is 73.6 Å². The van der Waals surface area contributed by atoms with Gasteiger partial charge in [-0.15, -0.1) is 0 Å². The molecule has 2 aliphatic carbocycles. The lowest BCUT2D eigenvalue weighted by Crippen LogP contribution is -2.40. The lowest BCUT2D eigenvalue weighted by Gasteiger charge is -2.45. The second-order valence-corrected chi connectivity index (χ2v) is 13.7. The number of aromatic hydroxyl groups is 4. The molecule has 4 aromatic carbocycles. The van der Waals surface area contributed by atoms with E-state index in [-0.39, 0.29) is 23.0 Å². The van der Waals surface area contributed by atoms with Gasteiger partial charge in [0.1, 0.15) is 23.0 Å². The third-order valence-corrected chi connectivity index (χ3v) is 11.0. The summed E-state index contributed by atoms with van der Waals surface area (Å²) in [5.74, 6) is 1.24. The monoisotopic (exact) mass is 606 g/mol. The number of aryl methyl sites for hydroxylation is 4. The van der Waals surface area contributed by atoms with Gasteiger partial charge in [-0.3, -0.25) is 0 Å². The number of ether oxygens (including phenoxy) is 1. The molecule has 0 spiro atoms. The summed E-state index contributed by atoms with van der Waals surface area (Å²) >= 11 is 0. The quantitative estimate of drug-likeness (QED) is 0.176. The first-order valence-electron chi connectivity index (χ1n) is 16.4. The van der Waals surface area contributed by atoms with Crippen molar-refractivity contribution in [1.82, 2.24) is 0 Å². The molecule has 5 nitrogen and oxygen atoms in total. The molecular weight excluding hydrogens is 560 g/mol. The molecule has 0 atom stereocenters. The zero-order valence-corrected chi connectivity index (χ0v) is 26.9. The van der Waals surface area contributed by atoms with E-state index in [0.29, 0.717) is 23.0 Å². The van der Waals surface area contributed by atoms with Gasteiger partial charge in [-0.05, 0) is 148 Å². The Bertz CT molecular complexity index is 1460. The van der Waals surface area contributed by atoms with Crippen molar-refractivity contribution in [3.63, 3.8) is 0 Å². The molecule has 2 saturated carbocycles. The molecule has 45 heavy (non-hydrogen) atoms. The molecule has 2 fully saturated rings. The zero-order valence-electron chi connectivity index (χ0n) is 26.9. The minimum Gasteiger partial charge on any atom is -0.508 e. The van der Waals surface area contributed by atoms with Gasteiger partial charge in [0.25, 0.3) is 0 Å². The van der Waals surface area contributed by atoms with E-state index in [1.54, 1.807) is 0 Å². The summed E-state index contributed by atoms with van der Waals surface area (Å²) in [6, 6.07) is 23.9. The number of phenols is 4. The predicted octanol–water partition coefficient (Wildman–Crippen LogP) is 8.92. The summed E-state index contributed by atoms with van der Waals surface area (Å²) in [4.78, 5) is 0. The Morgan fingerprint density at radius 2 is 0.689 bits per heavy atom. The van der Waals surface area contributed by atoms with Gasteiger partial charge < -0.3 is 25.2 Å². The minimum absolute atomic E-state index is 0.180. The Hall–Kier alpha value is -3.96. The minimum atomic E-state index is -0.202. The van der Waals surface area contributed by atoms with Gasteiger partial charge >= 0.3 is 0 Å². The molecular formula is C40H46O5. The van der Waals surface area contributed by atoms with Crippen molar-refractivity contribution < 1.29 is 25.2 Å². The van der Waals surface area contributed by atoms with Gasteiger partial charge in [0.2, 0.25) is 0 Å². The maximum Gasteiger partial charge on any atom is 0.118 e. The van der Waals surface area contributed by atoms with Crippen molar-refractivity contribution in [1.29, 1.82) is 0 Å². The van der Waals surface area contributed by atoms with Crippen molar-refractivity contribution in [2.45, 2.75) is 102 Å². The fraction of sp³-hybridized carbons (Fsp3) is 0.400. The van der Waals surface area contributed by atoms with Crippen molar-refractivity contribution in [3.05, 3.63) is 117 Å². The van der Waals surface area contributed by atoms with Crippen LogP contribution in [-0.2, 0) is 15.6 Å². The van der Waals surface area contributed by atoms with E-state index in [1.165, 1.54) is 22.3 Å². The van der Waals surface area contributed by atoms with E-state index in [9.17, 15) is 20.4 Å². The van der Waals surface area contributed by atoms with E-state index < -0.39 is 0 Å². The fourth-order valence-corrected chi connectivity index (χ4v) is 8.01. The molecule has 0 saturated heterocycles. The van der Waals surface area contributed by atoms with E-state index in [2.05, 4.69) is 48.5 Å². The highest BCUT2D eigenvalue weighted by atomic mass is 16.5. The lowest BCUT2D eigenvalue weighted by molar-refractivity contribution is -0.0576. The van der Waals surface area contributed by atoms with E-state index >= 15 is 0 Å². The molecule has 0 unspecified atom stereocenters. The maximum atomic E-state index is 10.3. The second-order valence-electron chi connectivity index (χ2n) is 13.7. The molecule has 0 aliphatic heterocycles. The van der Waals surface area contributed by atoms with Crippen LogP contribution >= 0.6 is 0 Å². The predicted molar refractivity (Wildman–Crippen MR) is 179 cm³/mol. The number of phenolic OH excluding ortho intramolecular Hbond substituents is 4. The van der Waals surface area contributed by atoms with Crippen LogP contribution in [0, 0.1) is 27.7 Å². The van der Waals surface area contributed by atoms with Gasteiger partial charge in [0, 0.05) is 10.8 Å². The first-order valence-corrected chi connectivity index (χ1v) is 16.4. The second kappa shape index (κ2) is 12.1. The molecule has 2 aliphatic rings. The SMILES string of the molecule is Cc1cc(C2(c3ccc(O)c(C)c3)CCC(OC3CCC(c4ccc(O)c(C)c4)(c4ccc(O)c(C)c4)CC3)CC2)ccc1O. The third-order valence-electron chi connectivity index (χ3n) is 11.0. The van der Waals surface area contributed by atoms with Crippen LogP contribution in [0.1, 0.15) is 95.9 Å². The Morgan fingerprint density at radius 3 is 0.911 bits per heavy atom. The smallest absolute Gasteiger partial charge is 0.118 e. The van der Waals surface area contributed by atoms with Crippen LogP contribution in [0.5, 0.6) is 23.0 Å². The largest absolute Gasteiger partial charge is 0.508 e. The summed E-state index contributed by atoms with van der Waals surface area (Å²) in [6.45, 7) is 7.80. The normalized spacial score (nSPS) is 18.6. The number of rotatable bonds is 6. The number of hydrogen-bond acceptors (Lipinski definition) is 5. The van der Waals surface area contributed by atoms with Crippen molar-refractivity contribution in [2.24, 2.45) is 0 Å². The standard InChI is InChI=1S/C40H46O5/c1-25-21-29(5-9-35(25)41)39(30-6-10-36(42)26(2)22-30)17-13-33(14-18-39)45-34-15-19-40(20-16-34,31-7-11-37(43)27(3)23-31)32-8-12-38(44)28(4)24-32/h5-12,21-24,33-34,41-44H,13-20H2,1-4H3.